The van der Waals surface area contributed by atoms with Crippen molar-refractivity contribution in [1.82, 2.24) is 0 Å². The summed E-state index contributed by atoms with van der Waals surface area (Å²) in [4.78, 5) is 0. The van der Waals surface area contributed by atoms with Crippen LogP contribution < -0.4 is 0 Å². The number of phenols is 1. The van der Waals surface area contributed by atoms with Gasteiger partial charge >= 0.3 is 0 Å². The van der Waals surface area contributed by atoms with Gasteiger partial charge in [0, 0.05) is 5.56 Å². The molecule has 0 aromatic heterocycles. The van der Waals surface area contributed by atoms with E-state index in [2.05, 4.69) is 4.74 Å². The molecular weight excluding hydrogens is 180 g/mol. The highest BCUT2D eigenvalue weighted by atomic mass is 35.5. The van der Waals surface area contributed by atoms with Crippen molar-refractivity contribution in [2.75, 3.05) is 6.07 Å². The van der Waals surface area contributed by atoms with E-state index in [9.17, 15) is 10.2 Å². The van der Waals surface area contributed by atoms with E-state index in [0.29, 0.717) is 5.56 Å². The SMILES string of the molecule is Oc1ccccc1C(O)OCCl. The number of ether oxygens (including phenoxy) is 1. The largest absolute Gasteiger partial charge is 0.507 e. The van der Waals surface area contributed by atoms with Gasteiger partial charge in [-0.15, -0.1) is 0 Å². The quantitative estimate of drug-likeness (QED) is 0.560. The summed E-state index contributed by atoms with van der Waals surface area (Å²) in [5.41, 5.74) is 0.318. The second-order valence-electron chi connectivity index (χ2n) is 2.19. The average molecular weight is 189 g/mol. The van der Waals surface area contributed by atoms with Gasteiger partial charge < -0.3 is 14.9 Å². The van der Waals surface area contributed by atoms with Crippen LogP contribution in [0.3, 0.4) is 0 Å². The van der Waals surface area contributed by atoms with Crippen molar-refractivity contribution in [1.29, 1.82) is 0 Å². The fourth-order valence-electron chi connectivity index (χ4n) is 0.846. The van der Waals surface area contributed by atoms with Crippen LogP contribution in [0.4, 0.5) is 0 Å². The molecule has 4 heteroatoms. The number of halogens is 1. The first-order valence-corrected chi connectivity index (χ1v) is 3.92. The van der Waals surface area contributed by atoms with E-state index in [4.69, 9.17) is 11.6 Å². The second kappa shape index (κ2) is 4.30. The highest BCUT2D eigenvalue weighted by Gasteiger charge is 2.10. The van der Waals surface area contributed by atoms with E-state index in [1.54, 1.807) is 18.2 Å². The Morgan fingerprint density at radius 3 is 2.67 bits per heavy atom. The maximum absolute atomic E-state index is 9.23. The number of para-hydroxylation sites is 1. The molecule has 0 heterocycles. The molecule has 0 saturated carbocycles. The molecule has 0 fully saturated rings. The molecule has 0 bridgehead atoms. The van der Waals surface area contributed by atoms with Gasteiger partial charge in [-0.1, -0.05) is 29.8 Å². The first kappa shape index (κ1) is 9.32. The third kappa shape index (κ3) is 2.11. The monoisotopic (exact) mass is 188 g/mol. The second-order valence-corrected chi connectivity index (χ2v) is 2.41. The first-order valence-electron chi connectivity index (χ1n) is 3.39. The number of rotatable bonds is 3. The minimum absolute atomic E-state index is 0.00452. The number of aromatic hydroxyl groups is 1. The number of hydrogen-bond acceptors (Lipinski definition) is 3. The van der Waals surface area contributed by atoms with Crippen molar-refractivity contribution < 1.29 is 14.9 Å². The van der Waals surface area contributed by atoms with E-state index < -0.39 is 6.29 Å². The molecule has 0 spiro atoms. The molecule has 1 aromatic rings. The lowest BCUT2D eigenvalue weighted by atomic mass is 10.2. The topological polar surface area (TPSA) is 49.7 Å². The van der Waals surface area contributed by atoms with Crippen molar-refractivity contribution in [3.05, 3.63) is 29.8 Å². The Bertz CT molecular complexity index is 252. The Morgan fingerprint density at radius 1 is 1.42 bits per heavy atom. The molecule has 12 heavy (non-hydrogen) atoms. The van der Waals surface area contributed by atoms with E-state index >= 15 is 0 Å². The highest BCUT2D eigenvalue weighted by Crippen LogP contribution is 2.24. The van der Waals surface area contributed by atoms with Crippen LogP contribution in [0.5, 0.6) is 5.75 Å². The van der Waals surface area contributed by atoms with E-state index in [1.807, 2.05) is 0 Å². The number of phenolic OH excluding ortho intramolecular Hbond substituents is 1. The van der Waals surface area contributed by atoms with Gasteiger partial charge in [0.25, 0.3) is 0 Å². The van der Waals surface area contributed by atoms with Crippen LogP contribution in [0, 0.1) is 0 Å². The minimum atomic E-state index is -1.16. The van der Waals surface area contributed by atoms with Gasteiger partial charge in [0.1, 0.15) is 11.8 Å². The molecule has 0 aliphatic carbocycles. The zero-order chi connectivity index (χ0) is 8.97. The number of alkyl halides is 1. The Kier molecular flexibility index (Phi) is 3.34. The fourth-order valence-corrected chi connectivity index (χ4v) is 0.965. The molecule has 3 nitrogen and oxygen atoms in total. The number of benzene rings is 1. The number of aliphatic hydroxyl groups is 1. The van der Waals surface area contributed by atoms with Crippen LogP contribution in [-0.4, -0.2) is 16.3 Å². The summed E-state index contributed by atoms with van der Waals surface area (Å²) < 4.78 is 4.67. The Morgan fingerprint density at radius 2 is 2.08 bits per heavy atom. The number of aliphatic hydroxyl groups excluding tert-OH is 1. The summed E-state index contributed by atoms with van der Waals surface area (Å²) in [6.07, 6.45) is -1.16. The maximum atomic E-state index is 9.23. The van der Waals surface area contributed by atoms with Gasteiger partial charge in [-0.05, 0) is 6.07 Å². The van der Waals surface area contributed by atoms with Crippen molar-refractivity contribution >= 4 is 11.6 Å². The van der Waals surface area contributed by atoms with E-state index in [-0.39, 0.29) is 11.8 Å². The Labute approximate surface area is 75.2 Å². The van der Waals surface area contributed by atoms with Crippen molar-refractivity contribution in [2.24, 2.45) is 0 Å². The van der Waals surface area contributed by atoms with Crippen LogP contribution in [0.1, 0.15) is 11.9 Å². The standard InChI is InChI=1S/C8H9ClO3/c9-5-12-8(11)6-3-1-2-4-7(6)10/h1-4,8,10-11H,5H2. The summed E-state index contributed by atoms with van der Waals surface area (Å²) in [5, 5.41) is 18.5. The molecule has 0 amide bonds. The molecule has 0 aliphatic heterocycles. The van der Waals surface area contributed by atoms with Gasteiger partial charge in [-0.2, -0.15) is 0 Å². The lowest BCUT2D eigenvalue weighted by Crippen LogP contribution is -2.01. The lowest BCUT2D eigenvalue weighted by molar-refractivity contribution is -0.0864. The van der Waals surface area contributed by atoms with Gasteiger partial charge in [0.2, 0.25) is 0 Å². The normalized spacial score (nSPS) is 12.8. The summed E-state index contributed by atoms with van der Waals surface area (Å²) in [6.45, 7) is 0. The third-order valence-corrected chi connectivity index (χ3v) is 1.55. The molecule has 1 unspecified atom stereocenters. The lowest BCUT2D eigenvalue weighted by Gasteiger charge is -2.10. The molecule has 0 radical (unpaired) electrons. The third-order valence-electron chi connectivity index (χ3n) is 1.42. The fraction of sp³-hybridized carbons (Fsp3) is 0.250. The molecule has 2 N–H and O–H groups in total. The van der Waals surface area contributed by atoms with Crippen LogP contribution in [0.25, 0.3) is 0 Å². The van der Waals surface area contributed by atoms with Crippen molar-refractivity contribution in [2.45, 2.75) is 6.29 Å². The highest BCUT2D eigenvalue weighted by molar-refractivity contribution is 6.17. The van der Waals surface area contributed by atoms with Crippen LogP contribution in [0.2, 0.25) is 0 Å². The molecule has 66 valence electrons. The van der Waals surface area contributed by atoms with Gasteiger partial charge in [0.15, 0.2) is 6.29 Å². The number of hydrogen-bond donors (Lipinski definition) is 2. The predicted molar refractivity (Wildman–Crippen MR) is 44.9 cm³/mol. The average Bonchev–Trinajstić information content (AvgIpc) is 2.05. The molecule has 0 aliphatic rings. The first-order chi connectivity index (χ1) is 5.75. The molecule has 0 saturated heterocycles. The Hall–Kier alpha value is -0.770. The molecule has 1 aromatic carbocycles. The summed E-state index contributed by atoms with van der Waals surface area (Å²) in [6, 6.07) is 6.26. The molecule has 1 rings (SSSR count). The van der Waals surface area contributed by atoms with Crippen LogP contribution in [-0.2, 0) is 4.74 Å². The smallest absolute Gasteiger partial charge is 0.186 e. The molecule has 1 atom stereocenters. The Balaban J connectivity index is 2.79. The zero-order valence-electron chi connectivity index (χ0n) is 6.27. The maximum Gasteiger partial charge on any atom is 0.186 e. The van der Waals surface area contributed by atoms with Gasteiger partial charge in [-0.25, -0.2) is 0 Å². The van der Waals surface area contributed by atoms with Gasteiger partial charge in [0.05, 0.1) is 0 Å². The summed E-state index contributed by atoms with van der Waals surface area (Å²) >= 11 is 5.23. The van der Waals surface area contributed by atoms with Crippen LogP contribution in [0.15, 0.2) is 24.3 Å². The summed E-state index contributed by atoms with van der Waals surface area (Å²) in [5.74, 6) is -0.00452. The minimum Gasteiger partial charge on any atom is -0.507 e. The van der Waals surface area contributed by atoms with Crippen molar-refractivity contribution in [3.8, 4) is 5.75 Å². The van der Waals surface area contributed by atoms with Crippen LogP contribution >= 0.6 is 11.6 Å². The van der Waals surface area contributed by atoms with Gasteiger partial charge in [-0.3, -0.25) is 0 Å². The van der Waals surface area contributed by atoms with E-state index in [0.717, 1.165) is 0 Å². The van der Waals surface area contributed by atoms with Crippen molar-refractivity contribution in [3.63, 3.8) is 0 Å². The molecular formula is C8H9ClO3. The zero-order valence-corrected chi connectivity index (χ0v) is 7.03. The predicted octanol–water partition coefficient (Wildman–Crippen LogP) is 1.60. The summed E-state index contributed by atoms with van der Waals surface area (Å²) in [7, 11) is 0. The van der Waals surface area contributed by atoms with E-state index in [1.165, 1.54) is 6.07 Å².